The van der Waals surface area contributed by atoms with Gasteiger partial charge in [0.1, 0.15) is 6.04 Å². The Morgan fingerprint density at radius 1 is 1.43 bits per heavy atom. The lowest BCUT2D eigenvalue weighted by molar-refractivity contribution is -0.139. The summed E-state index contributed by atoms with van der Waals surface area (Å²) in [6.07, 6.45) is 4.58. The Hall–Kier alpha value is -0.280. The predicted octanol–water partition coefficient (Wildman–Crippen LogP) is 1.66. The van der Waals surface area contributed by atoms with Crippen LogP contribution in [0.3, 0.4) is 0 Å². The van der Waals surface area contributed by atoms with Gasteiger partial charge in [-0.3, -0.25) is 4.79 Å². The normalized spacial score (nSPS) is 41.2. The smallest absolute Gasteiger partial charge is 0.320 e. The Bertz CT molecular complexity index is 222. The van der Waals surface area contributed by atoms with Crippen molar-refractivity contribution in [3.8, 4) is 0 Å². The second-order valence-corrected chi connectivity index (χ2v) is 4.49. The van der Waals surface area contributed by atoms with Crippen LogP contribution in [0.1, 0.15) is 32.6 Å². The number of rotatable bonds is 1. The Labute approximate surface area is 90.7 Å². The third kappa shape index (κ3) is 2.04. The van der Waals surface area contributed by atoms with Crippen LogP contribution in [0.15, 0.2) is 0 Å². The molecule has 0 aromatic rings. The third-order valence-electron chi connectivity index (χ3n) is 3.59. The maximum Gasteiger partial charge on any atom is 0.320 e. The van der Waals surface area contributed by atoms with Crippen LogP contribution in [0.5, 0.6) is 0 Å². The van der Waals surface area contributed by atoms with E-state index < -0.39 is 5.97 Å². The second kappa shape index (κ2) is 4.49. The summed E-state index contributed by atoms with van der Waals surface area (Å²) in [5.41, 5.74) is 0. The van der Waals surface area contributed by atoms with E-state index in [1.807, 2.05) is 0 Å². The molecule has 4 unspecified atom stereocenters. The van der Waals surface area contributed by atoms with Gasteiger partial charge in [0.15, 0.2) is 0 Å². The molecular weight excluding hydrogens is 202 g/mol. The Balaban J connectivity index is 0.000000980. The molecule has 1 aliphatic heterocycles. The largest absolute Gasteiger partial charge is 0.480 e. The molecule has 4 atom stereocenters. The van der Waals surface area contributed by atoms with Gasteiger partial charge in [-0.1, -0.05) is 13.3 Å². The van der Waals surface area contributed by atoms with Crippen molar-refractivity contribution in [1.29, 1.82) is 0 Å². The lowest BCUT2D eigenvalue weighted by atomic mass is 9.78. The molecule has 0 bridgehead atoms. The van der Waals surface area contributed by atoms with Gasteiger partial charge in [0, 0.05) is 6.04 Å². The molecule has 2 aliphatic rings. The minimum atomic E-state index is -0.679. The quantitative estimate of drug-likeness (QED) is 0.705. The summed E-state index contributed by atoms with van der Waals surface area (Å²) in [6.45, 7) is 2.23. The van der Waals surface area contributed by atoms with E-state index in [1.54, 1.807) is 0 Å². The molecule has 14 heavy (non-hydrogen) atoms. The van der Waals surface area contributed by atoms with Gasteiger partial charge in [-0.05, 0) is 31.1 Å². The predicted molar refractivity (Wildman–Crippen MR) is 56.7 cm³/mol. The molecule has 0 spiro atoms. The third-order valence-corrected chi connectivity index (χ3v) is 3.59. The Kier molecular flexibility index (Phi) is 3.78. The molecule has 1 aliphatic carbocycles. The lowest BCUT2D eigenvalue weighted by Crippen LogP contribution is -2.41. The van der Waals surface area contributed by atoms with Crippen molar-refractivity contribution >= 4 is 18.4 Å². The number of hydrogen-bond acceptors (Lipinski definition) is 2. The molecule has 2 fully saturated rings. The summed E-state index contributed by atoms with van der Waals surface area (Å²) >= 11 is 0. The Morgan fingerprint density at radius 3 is 2.71 bits per heavy atom. The van der Waals surface area contributed by atoms with Crippen molar-refractivity contribution in [3.05, 3.63) is 0 Å². The van der Waals surface area contributed by atoms with E-state index in [1.165, 1.54) is 19.3 Å². The zero-order valence-electron chi connectivity index (χ0n) is 8.40. The monoisotopic (exact) mass is 219 g/mol. The molecule has 1 heterocycles. The number of carbonyl (C=O) groups is 1. The van der Waals surface area contributed by atoms with Crippen LogP contribution < -0.4 is 5.32 Å². The van der Waals surface area contributed by atoms with Crippen LogP contribution in [0.25, 0.3) is 0 Å². The number of fused-ring (bicyclic) bond motifs is 1. The number of halogens is 1. The average Bonchev–Trinajstić information content (AvgIpc) is 2.49. The number of carboxylic acids is 1. The van der Waals surface area contributed by atoms with Crippen LogP contribution in [-0.2, 0) is 4.79 Å². The van der Waals surface area contributed by atoms with Crippen molar-refractivity contribution in [2.45, 2.75) is 44.7 Å². The van der Waals surface area contributed by atoms with Crippen molar-refractivity contribution in [2.24, 2.45) is 11.8 Å². The maximum atomic E-state index is 10.8. The van der Waals surface area contributed by atoms with Crippen LogP contribution in [0, 0.1) is 11.8 Å². The summed E-state index contributed by atoms with van der Waals surface area (Å²) < 4.78 is 0. The van der Waals surface area contributed by atoms with E-state index in [0.717, 1.165) is 6.42 Å². The minimum Gasteiger partial charge on any atom is -0.480 e. The van der Waals surface area contributed by atoms with Crippen LogP contribution in [-0.4, -0.2) is 23.2 Å². The first kappa shape index (κ1) is 11.8. The van der Waals surface area contributed by atoms with Gasteiger partial charge in [0.2, 0.25) is 0 Å². The fraction of sp³-hybridized carbons (Fsp3) is 0.900. The topological polar surface area (TPSA) is 49.3 Å². The molecule has 1 saturated carbocycles. The molecule has 2 rings (SSSR count). The first-order valence-corrected chi connectivity index (χ1v) is 5.17. The van der Waals surface area contributed by atoms with Crippen molar-refractivity contribution in [1.82, 2.24) is 5.32 Å². The Morgan fingerprint density at radius 2 is 2.14 bits per heavy atom. The fourth-order valence-electron chi connectivity index (χ4n) is 2.87. The first-order valence-electron chi connectivity index (χ1n) is 5.17. The van der Waals surface area contributed by atoms with Crippen molar-refractivity contribution < 1.29 is 9.90 Å². The van der Waals surface area contributed by atoms with Gasteiger partial charge >= 0.3 is 5.97 Å². The molecule has 0 radical (unpaired) electrons. The molecule has 0 amide bonds. The molecule has 82 valence electrons. The molecule has 4 heteroatoms. The van der Waals surface area contributed by atoms with Crippen molar-refractivity contribution in [2.75, 3.05) is 0 Å². The average molecular weight is 220 g/mol. The fourth-order valence-corrected chi connectivity index (χ4v) is 2.87. The first-order chi connectivity index (χ1) is 6.18. The van der Waals surface area contributed by atoms with Gasteiger partial charge in [-0.25, -0.2) is 0 Å². The van der Waals surface area contributed by atoms with E-state index >= 15 is 0 Å². The van der Waals surface area contributed by atoms with E-state index in [-0.39, 0.29) is 18.4 Å². The van der Waals surface area contributed by atoms with E-state index in [9.17, 15) is 4.79 Å². The molecular formula is C10H18ClNO2. The van der Waals surface area contributed by atoms with E-state index in [4.69, 9.17) is 5.11 Å². The van der Waals surface area contributed by atoms with E-state index in [2.05, 4.69) is 12.2 Å². The standard InChI is InChI=1S/C10H17NO2.ClH/c1-6-3-2-4-7-5-8(10(12)13)11-9(6)7;/h6-9,11H,2-5H2,1H3,(H,12,13);1H. The number of aliphatic carboxylic acids is 1. The zero-order valence-corrected chi connectivity index (χ0v) is 9.22. The van der Waals surface area contributed by atoms with Crippen LogP contribution >= 0.6 is 12.4 Å². The summed E-state index contributed by atoms with van der Waals surface area (Å²) in [7, 11) is 0. The van der Waals surface area contributed by atoms with Gasteiger partial charge < -0.3 is 10.4 Å². The highest BCUT2D eigenvalue weighted by atomic mass is 35.5. The number of hydrogen-bond donors (Lipinski definition) is 2. The summed E-state index contributed by atoms with van der Waals surface area (Å²) in [5.74, 6) is 0.592. The van der Waals surface area contributed by atoms with E-state index in [0.29, 0.717) is 17.9 Å². The summed E-state index contributed by atoms with van der Waals surface area (Å²) in [5, 5.41) is 12.1. The molecule has 3 nitrogen and oxygen atoms in total. The SMILES string of the molecule is CC1CCCC2CC(C(=O)O)NC12.Cl. The number of nitrogens with one attached hydrogen (secondary N) is 1. The lowest BCUT2D eigenvalue weighted by Gasteiger charge is -2.30. The summed E-state index contributed by atoms with van der Waals surface area (Å²) in [6, 6.07) is 0.186. The second-order valence-electron chi connectivity index (χ2n) is 4.49. The van der Waals surface area contributed by atoms with Gasteiger partial charge in [0.05, 0.1) is 0 Å². The van der Waals surface area contributed by atoms with Crippen LogP contribution in [0.4, 0.5) is 0 Å². The zero-order chi connectivity index (χ0) is 9.42. The maximum absolute atomic E-state index is 10.8. The molecule has 1 saturated heterocycles. The van der Waals surface area contributed by atoms with Crippen molar-refractivity contribution in [3.63, 3.8) is 0 Å². The van der Waals surface area contributed by atoms with Crippen LogP contribution in [0.2, 0.25) is 0 Å². The minimum absolute atomic E-state index is 0. The number of carboxylic acid groups (broad SMARTS) is 1. The van der Waals surface area contributed by atoms with Gasteiger partial charge in [-0.2, -0.15) is 0 Å². The van der Waals surface area contributed by atoms with Gasteiger partial charge in [-0.15, -0.1) is 12.4 Å². The molecule has 2 N–H and O–H groups in total. The molecule has 0 aromatic carbocycles. The molecule has 0 aromatic heterocycles. The highest BCUT2D eigenvalue weighted by Crippen LogP contribution is 2.36. The van der Waals surface area contributed by atoms with Gasteiger partial charge in [0.25, 0.3) is 0 Å². The highest BCUT2D eigenvalue weighted by molar-refractivity contribution is 5.85. The highest BCUT2D eigenvalue weighted by Gasteiger charge is 2.41. The summed E-state index contributed by atoms with van der Waals surface area (Å²) in [4.78, 5) is 10.8.